The first-order valence-electron chi connectivity index (χ1n) is 8.91. The van der Waals surface area contributed by atoms with Gasteiger partial charge in [0, 0.05) is 10.8 Å². The van der Waals surface area contributed by atoms with Gasteiger partial charge in [-0.25, -0.2) is 0 Å². The molecule has 2 saturated heterocycles. The van der Waals surface area contributed by atoms with E-state index < -0.39 is 10.8 Å². The maximum atomic E-state index is 12.9. The summed E-state index contributed by atoms with van der Waals surface area (Å²) < 4.78 is 11.3. The smallest absolute Gasteiger partial charge is 0.314 e. The van der Waals surface area contributed by atoms with Crippen LogP contribution >= 0.6 is 0 Å². The van der Waals surface area contributed by atoms with Gasteiger partial charge in [0.2, 0.25) is 0 Å². The zero-order valence-corrected chi connectivity index (χ0v) is 13.4. The van der Waals surface area contributed by atoms with Crippen molar-refractivity contribution in [3.05, 3.63) is 0 Å². The van der Waals surface area contributed by atoms with Crippen LogP contribution in [0.5, 0.6) is 0 Å². The molecule has 4 heteroatoms. The van der Waals surface area contributed by atoms with Gasteiger partial charge in [0.1, 0.15) is 0 Å². The normalized spacial score (nSPS) is 57.0. The lowest BCUT2D eigenvalue weighted by atomic mass is 9.17. The number of hydrogen-bond acceptors (Lipinski definition) is 4. The van der Waals surface area contributed by atoms with Gasteiger partial charge < -0.3 is 9.47 Å². The summed E-state index contributed by atoms with van der Waals surface area (Å²) in [5.41, 5.74) is -1.28. The van der Waals surface area contributed by atoms with Crippen LogP contribution in [0.2, 0.25) is 0 Å². The third-order valence-electron chi connectivity index (χ3n) is 8.38. The molecular weight excluding hydrogens is 280 g/mol. The highest BCUT2D eigenvalue weighted by atomic mass is 16.6. The summed E-state index contributed by atoms with van der Waals surface area (Å²) >= 11 is 0. The number of hydrogen-bond donors (Lipinski definition) is 0. The van der Waals surface area contributed by atoms with Crippen LogP contribution in [-0.4, -0.2) is 25.2 Å². The van der Waals surface area contributed by atoms with Crippen molar-refractivity contribution in [3.63, 3.8) is 0 Å². The first-order valence-corrected chi connectivity index (χ1v) is 8.91. The zero-order chi connectivity index (χ0) is 15.4. The van der Waals surface area contributed by atoms with Crippen molar-refractivity contribution in [3.8, 4) is 0 Å². The molecule has 5 rings (SSSR count). The van der Waals surface area contributed by atoms with Crippen LogP contribution in [0.3, 0.4) is 0 Å². The maximum absolute atomic E-state index is 12.9. The maximum Gasteiger partial charge on any atom is 0.314 e. The summed E-state index contributed by atoms with van der Waals surface area (Å²) in [5.74, 6) is 0.752. The third-order valence-corrected chi connectivity index (χ3v) is 8.38. The molecule has 4 nitrogen and oxygen atoms in total. The average molecular weight is 304 g/mol. The van der Waals surface area contributed by atoms with Crippen LogP contribution in [-0.2, 0) is 19.1 Å². The molecule has 22 heavy (non-hydrogen) atoms. The minimum atomic E-state index is -0.534. The van der Waals surface area contributed by atoms with Crippen LogP contribution in [0.4, 0.5) is 0 Å². The van der Waals surface area contributed by atoms with Gasteiger partial charge in [0.05, 0.1) is 24.0 Å². The Bertz CT molecular complexity index is 600. The summed E-state index contributed by atoms with van der Waals surface area (Å²) in [5, 5.41) is 0. The first-order chi connectivity index (χ1) is 10.6. The second-order valence-electron chi connectivity index (χ2n) is 8.40. The number of esters is 2. The van der Waals surface area contributed by atoms with Gasteiger partial charge >= 0.3 is 11.9 Å². The summed E-state index contributed by atoms with van der Waals surface area (Å²) in [6, 6.07) is 0. The molecule has 3 saturated carbocycles. The minimum Gasteiger partial charge on any atom is -0.465 e. The molecule has 2 aliphatic heterocycles. The molecule has 0 unspecified atom stereocenters. The molecule has 0 bridgehead atoms. The Kier molecular flexibility index (Phi) is 2.15. The summed E-state index contributed by atoms with van der Waals surface area (Å²) in [7, 11) is 0. The molecule has 6 atom stereocenters. The summed E-state index contributed by atoms with van der Waals surface area (Å²) in [6.07, 6.45) is 6.16. The van der Waals surface area contributed by atoms with Gasteiger partial charge in [-0.2, -0.15) is 0 Å². The van der Waals surface area contributed by atoms with Crippen LogP contribution in [0, 0.1) is 33.5 Å². The van der Waals surface area contributed by atoms with Gasteiger partial charge in [0.15, 0.2) is 0 Å². The second kappa shape index (κ2) is 3.54. The Balaban J connectivity index is 1.72. The third kappa shape index (κ3) is 0.845. The predicted molar refractivity (Wildman–Crippen MR) is 77.7 cm³/mol. The van der Waals surface area contributed by atoms with E-state index in [0.717, 1.165) is 38.5 Å². The first kappa shape index (κ1) is 13.4. The van der Waals surface area contributed by atoms with Crippen molar-refractivity contribution in [2.24, 2.45) is 33.5 Å². The van der Waals surface area contributed by atoms with Gasteiger partial charge in [0.25, 0.3) is 0 Å². The Labute approximate surface area is 130 Å². The minimum absolute atomic E-state index is 0.0802. The monoisotopic (exact) mass is 304 g/mol. The van der Waals surface area contributed by atoms with Gasteiger partial charge in [-0.3, -0.25) is 9.59 Å². The van der Waals surface area contributed by atoms with E-state index in [1.54, 1.807) is 0 Å². The van der Waals surface area contributed by atoms with E-state index in [9.17, 15) is 9.59 Å². The number of carbonyl (C=O) groups is 2. The van der Waals surface area contributed by atoms with E-state index in [1.807, 2.05) is 0 Å². The molecule has 5 aliphatic rings. The van der Waals surface area contributed by atoms with E-state index in [1.165, 1.54) is 0 Å². The fraction of sp³-hybridized carbons (Fsp3) is 0.889. The van der Waals surface area contributed by atoms with Crippen molar-refractivity contribution >= 4 is 11.9 Å². The molecular formula is C18H24O4. The second-order valence-corrected chi connectivity index (χ2v) is 8.40. The highest BCUT2D eigenvalue weighted by Crippen LogP contribution is 2.97. The molecule has 3 aliphatic carbocycles. The summed E-state index contributed by atoms with van der Waals surface area (Å²) in [6.45, 7) is 5.44. The summed E-state index contributed by atoms with van der Waals surface area (Å²) in [4.78, 5) is 25.6. The van der Waals surface area contributed by atoms with Crippen molar-refractivity contribution in [1.82, 2.24) is 0 Å². The Morgan fingerprint density at radius 2 is 1.68 bits per heavy atom. The zero-order valence-electron chi connectivity index (χ0n) is 13.4. The van der Waals surface area contributed by atoms with E-state index in [0.29, 0.717) is 25.0 Å². The van der Waals surface area contributed by atoms with Crippen molar-refractivity contribution in [1.29, 1.82) is 0 Å². The van der Waals surface area contributed by atoms with E-state index in [2.05, 4.69) is 13.8 Å². The molecule has 4 spiro atoms. The average Bonchev–Trinajstić information content (AvgIpc) is 3.06. The molecule has 0 radical (unpaired) electrons. The number of rotatable bonds is 3. The van der Waals surface area contributed by atoms with E-state index in [-0.39, 0.29) is 22.8 Å². The SMILES string of the molecule is CCC[C@H]1C[C@]23C(=O)OC[C@]24C[C@H](CC)C[C@@]42COC(=O)[C@]123. The number of ether oxygens (including phenoxy) is 2. The van der Waals surface area contributed by atoms with E-state index in [4.69, 9.17) is 9.47 Å². The molecule has 2 heterocycles. The molecule has 120 valence electrons. The molecule has 0 N–H and O–H groups in total. The fourth-order valence-corrected chi connectivity index (χ4v) is 7.96. The molecule has 0 aromatic rings. The largest absolute Gasteiger partial charge is 0.465 e. The van der Waals surface area contributed by atoms with Gasteiger partial charge in [-0.15, -0.1) is 0 Å². The van der Waals surface area contributed by atoms with Crippen LogP contribution in [0.15, 0.2) is 0 Å². The quantitative estimate of drug-likeness (QED) is 0.752. The molecule has 0 amide bonds. The van der Waals surface area contributed by atoms with Crippen molar-refractivity contribution in [2.75, 3.05) is 13.2 Å². The molecule has 5 fully saturated rings. The lowest BCUT2D eigenvalue weighted by Crippen LogP contribution is -2.86. The highest BCUT2D eigenvalue weighted by molar-refractivity contribution is 5.99. The van der Waals surface area contributed by atoms with Crippen LogP contribution in [0.25, 0.3) is 0 Å². The predicted octanol–water partition coefficient (Wildman–Crippen LogP) is 2.70. The lowest BCUT2D eigenvalue weighted by molar-refractivity contribution is -0.348. The highest BCUT2D eigenvalue weighted by Gasteiger charge is 3.03. The van der Waals surface area contributed by atoms with Gasteiger partial charge in [-0.1, -0.05) is 26.7 Å². The fourth-order valence-electron chi connectivity index (χ4n) is 7.96. The molecule has 0 aromatic carbocycles. The Morgan fingerprint density at radius 3 is 2.41 bits per heavy atom. The van der Waals surface area contributed by atoms with Crippen LogP contribution < -0.4 is 0 Å². The van der Waals surface area contributed by atoms with Gasteiger partial charge in [-0.05, 0) is 37.5 Å². The molecule has 0 aromatic heterocycles. The van der Waals surface area contributed by atoms with E-state index >= 15 is 0 Å². The van der Waals surface area contributed by atoms with Crippen LogP contribution in [0.1, 0.15) is 52.4 Å². The number of carbonyl (C=O) groups excluding carboxylic acids is 2. The number of cyclic esters (lactones) is 2. The lowest BCUT2D eigenvalue weighted by Gasteiger charge is -2.79. The van der Waals surface area contributed by atoms with Crippen molar-refractivity contribution < 1.29 is 19.1 Å². The Hall–Kier alpha value is -1.06. The Morgan fingerprint density at radius 1 is 1.00 bits per heavy atom. The van der Waals surface area contributed by atoms with Crippen molar-refractivity contribution in [2.45, 2.75) is 52.4 Å². The standard InChI is InChI=1S/C18H24O4/c1-3-5-12-8-17-13(19)21-9-15(17)6-11(4-2)7-16(15)10-22-14(20)18(12,16)17/h11-12H,3-10H2,1-2H3/t11-,12-,15-,16+,17-,18+/m0/s1. The topological polar surface area (TPSA) is 52.6 Å².